The van der Waals surface area contributed by atoms with E-state index < -0.39 is 22.2 Å². The van der Waals surface area contributed by atoms with Crippen molar-refractivity contribution in [2.24, 2.45) is 7.05 Å². The van der Waals surface area contributed by atoms with Crippen molar-refractivity contribution in [3.8, 4) is 23.2 Å². The lowest BCUT2D eigenvalue weighted by Gasteiger charge is -2.15. The Morgan fingerprint density at radius 2 is 1.97 bits per heavy atom. The van der Waals surface area contributed by atoms with Gasteiger partial charge in [0.05, 0.1) is 17.1 Å². The number of nitrogens with one attached hydrogen (secondary N) is 2. The van der Waals surface area contributed by atoms with Gasteiger partial charge in [-0.25, -0.2) is 22.9 Å². The molecule has 0 aliphatic rings. The second kappa shape index (κ2) is 11.9. The number of hydrogen-bond donors (Lipinski definition) is 2. The summed E-state index contributed by atoms with van der Waals surface area (Å²) in [5.41, 5.74) is 2.10. The van der Waals surface area contributed by atoms with Gasteiger partial charge in [0.1, 0.15) is 11.9 Å². The van der Waals surface area contributed by atoms with Crippen LogP contribution in [0.3, 0.4) is 0 Å². The standard InChI is InChI=1S/C24H27ClN6O4S/c1-5-6-7-10-15-36(33,34)29-20-13-14-21(26-16(20)2)22-23(31(4)30-28-22)27-24(32)35-17(3)18-11-8-9-12-19(18)25/h8-9,11-14,17,29H,5-6,15H2,1-4H3,(H,27,32). The topological polar surface area (TPSA) is 128 Å². The van der Waals surface area contributed by atoms with Crippen molar-refractivity contribution in [3.05, 3.63) is 52.7 Å². The third kappa shape index (κ3) is 6.96. The molecular formula is C24H27ClN6O4S. The number of anilines is 2. The molecule has 10 nitrogen and oxygen atoms in total. The number of amides is 1. The van der Waals surface area contributed by atoms with Crippen molar-refractivity contribution in [3.63, 3.8) is 0 Å². The lowest BCUT2D eigenvalue weighted by Crippen LogP contribution is -2.18. The number of nitrogens with zero attached hydrogens (tertiary/aromatic N) is 4. The number of aromatic nitrogens is 4. The van der Waals surface area contributed by atoms with Crippen LogP contribution in [0.15, 0.2) is 36.4 Å². The largest absolute Gasteiger partial charge is 0.441 e. The van der Waals surface area contributed by atoms with Gasteiger partial charge in [0.15, 0.2) is 11.5 Å². The van der Waals surface area contributed by atoms with E-state index in [4.69, 9.17) is 16.3 Å². The molecule has 1 aromatic carbocycles. The summed E-state index contributed by atoms with van der Waals surface area (Å²) < 4.78 is 34.0. The molecule has 36 heavy (non-hydrogen) atoms. The van der Waals surface area contributed by atoms with Crippen LogP contribution in [0.4, 0.5) is 16.3 Å². The van der Waals surface area contributed by atoms with E-state index in [2.05, 4.69) is 37.2 Å². The summed E-state index contributed by atoms with van der Waals surface area (Å²) in [6.07, 6.45) is 0.190. The molecule has 2 aromatic heterocycles. The van der Waals surface area contributed by atoms with Crippen LogP contribution in [-0.2, 0) is 21.8 Å². The summed E-state index contributed by atoms with van der Waals surface area (Å²) in [6, 6.07) is 10.2. The zero-order valence-electron chi connectivity index (χ0n) is 20.4. The third-order valence-corrected chi connectivity index (χ3v) is 6.43. The zero-order valence-corrected chi connectivity index (χ0v) is 21.9. The average molecular weight is 531 g/mol. The van der Waals surface area contributed by atoms with Crippen LogP contribution >= 0.6 is 11.6 Å². The number of halogens is 1. The number of sulfonamides is 1. The summed E-state index contributed by atoms with van der Waals surface area (Å²) in [4.78, 5) is 17.0. The SMILES string of the molecule is CCCC#CCS(=O)(=O)Nc1ccc(-c2nnn(C)c2NC(=O)OC(C)c2ccccc2Cl)nc1C. The van der Waals surface area contributed by atoms with E-state index in [0.717, 1.165) is 6.42 Å². The summed E-state index contributed by atoms with van der Waals surface area (Å²) in [5, 5.41) is 11.2. The summed E-state index contributed by atoms with van der Waals surface area (Å²) >= 11 is 6.19. The highest BCUT2D eigenvalue weighted by atomic mass is 35.5. The molecule has 0 saturated carbocycles. The molecule has 3 rings (SSSR count). The van der Waals surface area contributed by atoms with Gasteiger partial charge in [-0.15, -0.1) is 11.0 Å². The number of aryl methyl sites for hydroxylation is 2. The van der Waals surface area contributed by atoms with Crippen LogP contribution in [0, 0.1) is 18.8 Å². The van der Waals surface area contributed by atoms with E-state index in [1.165, 1.54) is 4.68 Å². The summed E-state index contributed by atoms with van der Waals surface area (Å²) in [5.74, 6) is 5.43. The number of rotatable bonds is 8. The Balaban J connectivity index is 1.75. The van der Waals surface area contributed by atoms with Crippen LogP contribution in [0.25, 0.3) is 11.4 Å². The molecule has 0 radical (unpaired) electrons. The van der Waals surface area contributed by atoms with Gasteiger partial charge >= 0.3 is 6.09 Å². The lowest BCUT2D eigenvalue weighted by molar-refractivity contribution is 0.121. The maximum absolute atomic E-state index is 12.6. The molecule has 2 heterocycles. The monoisotopic (exact) mass is 530 g/mol. The first-order valence-corrected chi connectivity index (χ1v) is 13.2. The van der Waals surface area contributed by atoms with Crippen LogP contribution in [0.1, 0.15) is 44.1 Å². The predicted octanol–water partition coefficient (Wildman–Crippen LogP) is 4.69. The molecule has 190 valence electrons. The quantitative estimate of drug-likeness (QED) is 0.404. The van der Waals surface area contributed by atoms with E-state index in [1.807, 2.05) is 6.92 Å². The number of ether oxygens (including phenoxy) is 1. The first-order valence-electron chi connectivity index (χ1n) is 11.2. The summed E-state index contributed by atoms with van der Waals surface area (Å²) in [7, 11) is -2.04. The highest BCUT2D eigenvalue weighted by molar-refractivity contribution is 7.92. The first-order chi connectivity index (χ1) is 17.1. The van der Waals surface area contributed by atoms with Gasteiger partial charge in [-0.1, -0.05) is 47.9 Å². The Kier molecular flexibility index (Phi) is 8.90. The average Bonchev–Trinajstić information content (AvgIpc) is 3.18. The second-order valence-electron chi connectivity index (χ2n) is 7.90. The number of hydrogen-bond acceptors (Lipinski definition) is 7. The van der Waals surface area contributed by atoms with Gasteiger partial charge in [0.25, 0.3) is 0 Å². The molecule has 1 unspecified atom stereocenters. The molecule has 3 aromatic rings. The molecule has 0 aliphatic carbocycles. The Morgan fingerprint density at radius 1 is 1.22 bits per heavy atom. The molecule has 0 bridgehead atoms. The number of carbonyl (C=O) groups excluding carboxylic acids is 1. The van der Waals surface area contributed by atoms with Gasteiger partial charge in [-0.05, 0) is 38.5 Å². The lowest BCUT2D eigenvalue weighted by atomic mass is 10.1. The minimum atomic E-state index is -3.65. The van der Waals surface area contributed by atoms with Crippen LogP contribution in [0.2, 0.25) is 5.02 Å². The molecule has 1 atom stereocenters. The van der Waals surface area contributed by atoms with E-state index in [-0.39, 0.29) is 11.6 Å². The Bertz CT molecular complexity index is 1410. The van der Waals surface area contributed by atoms with E-state index in [1.54, 1.807) is 57.3 Å². The van der Waals surface area contributed by atoms with Crippen molar-refractivity contribution >= 4 is 39.2 Å². The number of unbranched alkanes of at least 4 members (excludes halogenated alkanes) is 1. The maximum Gasteiger partial charge on any atom is 0.413 e. The van der Waals surface area contributed by atoms with Crippen molar-refractivity contribution in [1.82, 2.24) is 20.0 Å². The van der Waals surface area contributed by atoms with Crippen LogP contribution < -0.4 is 10.0 Å². The number of pyridine rings is 1. The smallest absolute Gasteiger partial charge is 0.413 e. The fourth-order valence-electron chi connectivity index (χ4n) is 3.19. The van der Waals surface area contributed by atoms with Gasteiger partial charge in [0.2, 0.25) is 10.0 Å². The Hall–Kier alpha value is -3.62. The molecule has 2 N–H and O–H groups in total. The van der Waals surface area contributed by atoms with Crippen molar-refractivity contribution < 1.29 is 17.9 Å². The fraction of sp³-hybridized carbons (Fsp3) is 0.333. The molecule has 0 aliphatic heterocycles. The number of carbonyl (C=O) groups is 1. The minimum absolute atomic E-state index is 0.262. The first kappa shape index (κ1) is 27.0. The second-order valence-corrected chi connectivity index (χ2v) is 10.0. The van der Waals surface area contributed by atoms with E-state index >= 15 is 0 Å². The normalized spacial score (nSPS) is 11.8. The molecule has 0 fully saturated rings. The Morgan fingerprint density at radius 3 is 2.67 bits per heavy atom. The molecule has 1 amide bonds. The Labute approximate surface area is 215 Å². The highest BCUT2D eigenvalue weighted by Gasteiger charge is 2.21. The molecule has 0 saturated heterocycles. The van der Waals surface area contributed by atoms with Gasteiger partial charge < -0.3 is 4.74 Å². The third-order valence-electron chi connectivity index (χ3n) is 5.03. The molecular weight excluding hydrogens is 504 g/mol. The minimum Gasteiger partial charge on any atom is -0.441 e. The van der Waals surface area contributed by atoms with Gasteiger partial charge in [0, 0.05) is 24.1 Å². The highest BCUT2D eigenvalue weighted by Crippen LogP contribution is 2.28. The van der Waals surface area contributed by atoms with Crippen molar-refractivity contribution in [2.75, 3.05) is 15.8 Å². The van der Waals surface area contributed by atoms with E-state index in [0.29, 0.717) is 39.8 Å². The van der Waals surface area contributed by atoms with Gasteiger partial charge in [-0.3, -0.25) is 10.0 Å². The fourth-order valence-corrected chi connectivity index (χ4v) is 4.39. The van der Waals surface area contributed by atoms with Crippen molar-refractivity contribution in [2.45, 2.75) is 39.7 Å². The zero-order chi connectivity index (χ0) is 26.3. The molecule has 0 spiro atoms. The van der Waals surface area contributed by atoms with Crippen LogP contribution in [-0.4, -0.2) is 40.2 Å². The predicted molar refractivity (Wildman–Crippen MR) is 139 cm³/mol. The van der Waals surface area contributed by atoms with Crippen LogP contribution in [0.5, 0.6) is 0 Å². The van der Waals surface area contributed by atoms with Crippen molar-refractivity contribution in [1.29, 1.82) is 0 Å². The van der Waals surface area contributed by atoms with Gasteiger partial charge in [-0.2, -0.15) is 0 Å². The summed E-state index contributed by atoms with van der Waals surface area (Å²) in [6.45, 7) is 5.34. The maximum atomic E-state index is 12.6. The van der Waals surface area contributed by atoms with E-state index in [9.17, 15) is 13.2 Å². The number of benzene rings is 1. The molecule has 12 heteroatoms.